The van der Waals surface area contributed by atoms with Crippen LogP contribution in [0.2, 0.25) is 5.02 Å². The second-order valence-electron chi connectivity index (χ2n) is 6.34. The molecule has 2 heterocycles. The minimum absolute atomic E-state index is 0.130. The molecule has 1 fully saturated rings. The zero-order valence-corrected chi connectivity index (χ0v) is 17.7. The van der Waals surface area contributed by atoms with Crippen molar-refractivity contribution < 1.29 is 19.1 Å². The van der Waals surface area contributed by atoms with Crippen LogP contribution < -0.4 is 11.1 Å². The smallest absolute Gasteiger partial charge is 0.339 e. The molecular weight excluding hydrogens is 466 g/mol. The van der Waals surface area contributed by atoms with E-state index < -0.39 is 11.9 Å². The molecule has 0 radical (unpaired) electrons. The van der Waals surface area contributed by atoms with E-state index in [0.717, 1.165) is 0 Å². The molecule has 1 aliphatic heterocycles. The number of carbonyl (C=O) groups excluding carboxylic acids is 2. The van der Waals surface area contributed by atoms with E-state index in [2.05, 4.69) is 32.4 Å². The molecule has 152 valence electrons. The zero-order chi connectivity index (χ0) is 21.1. The zero-order valence-electron chi connectivity index (χ0n) is 15.3. The van der Waals surface area contributed by atoms with Crippen molar-refractivity contribution in [1.29, 1.82) is 5.26 Å². The summed E-state index contributed by atoms with van der Waals surface area (Å²) in [5, 5.41) is 17.0. The summed E-state index contributed by atoms with van der Waals surface area (Å²) >= 11 is 9.44. The molecule has 1 aliphatic rings. The van der Waals surface area contributed by atoms with Crippen LogP contribution in [0.15, 0.2) is 22.8 Å². The quantitative estimate of drug-likeness (QED) is 0.626. The van der Waals surface area contributed by atoms with Crippen LogP contribution in [0.4, 0.5) is 11.5 Å². The van der Waals surface area contributed by atoms with E-state index in [1.54, 1.807) is 6.07 Å². The largest absolute Gasteiger partial charge is 0.465 e. The lowest BCUT2D eigenvalue weighted by Crippen LogP contribution is -2.29. The Morgan fingerprint density at radius 1 is 1.48 bits per heavy atom. The molecule has 0 spiro atoms. The van der Waals surface area contributed by atoms with Crippen molar-refractivity contribution in [2.24, 2.45) is 11.7 Å². The molecule has 1 aromatic carbocycles. The topological polar surface area (TPSA) is 132 Å². The minimum Gasteiger partial charge on any atom is -0.465 e. The summed E-state index contributed by atoms with van der Waals surface area (Å²) in [4.78, 5) is 23.9. The van der Waals surface area contributed by atoms with Crippen LogP contribution >= 0.6 is 27.5 Å². The van der Waals surface area contributed by atoms with Crippen molar-refractivity contribution in [2.75, 3.05) is 25.6 Å². The van der Waals surface area contributed by atoms with Gasteiger partial charge in [-0.25, -0.2) is 4.79 Å². The van der Waals surface area contributed by atoms with Crippen molar-refractivity contribution in [3.63, 3.8) is 0 Å². The Kier molecular flexibility index (Phi) is 6.42. The maximum absolute atomic E-state index is 12.0. The Hall–Kier alpha value is -2.61. The van der Waals surface area contributed by atoms with Crippen molar-refractivity contribution in [2.45, 2.75) is 12.5 Å². The summed E-state index contributed by atoms with van der Waals surface area (Å²) in [6.07, 6.45) is 2.05. The first-order valence-corrected chi connectivity index (χ1v) is 9.73. The minimum atomic E-state index is -0.694. The number of nitriles is 1. The van der Waals surface area contributed by atoms with Gasteiger partial charge in [-0.3, -0.25) is 9.48 Å². The third kappa shape index (κ3) is 4.37. The summed E-state index contributed by atoms with van der Waals surface area (Å²) < 4.78 is 12.1. The predicted octanol–water partition coefficient (Wildman–Crippen LogP) is 3.03. The van der Waals surface area contributed by atoms with Gasteiger partial charge in [0.1, 0.15) is 5.56 Å². The van der Waals surface area contributed by atoms with E-state index in [4.69, 9.17) is 26.8 Å². The van der Waals surface area contributed by atoms with Gasteiger partial charge in [0.25, 0.3) is 5.91 Å². The lowest BCUT2D eigenvalue weighted by molar-refractivity contribution is 0.0342. The maximum atomic E-state index is 12.0. The highest BCUT2D eigenvalue weighted by molar-refractivity contribution is 9.10. The molecule has 0 aliphatic carbocycles. The number of anilines is 2. The summed E-state index contributed by atoms with van der Waals surface area (Å²) in [5.74, 6) is -1.40. The fourth-order valence-electron chi connectivity index (χ4n) is 3.02. The van der Waals surface area contributed by atoms with Crippen molar-refractivity contribution in [3.05, 3.63) is 39.0 Å². The van der Waals surface area contributed by atoms with Gasteiger partial charge in [0, 0.05) is 18.5 Å². The van der Waals surface area contributed by atoms with Gasteiger partial charge in [-0.2, -0.15) is 10.4 Å². The number of hydrogen-bond donors (Lipinski definition) is 2. The third-order valence-corrected chi connectivity index (χ3v) is 5.91. The highest BCUT2D eigenvalue weighted by Gasteiger charge is 2.29. The fraction of sp³-hybridized carbons (Fsp3) is 0.333. The Morgan fingerprint density at radius 3 is 2.90 bits per heavy atom. The van der Waals surface area contributed by atoms with Gasteiger partial charge in [0.15, 0.2) is 5.82 Å². The summed E-state index contributed by atoms with van der Waals surface area (Å²) in [7, 11) is 1.26. The fourth-order valence-corrected chi connectivity index (χ4v) is 3.63. The first kappa shape index (κ1) is 21.1. The van der Waals surface area contributed by atoms with E-state index in [0.29, 0.717) is 29.8 Å². The Labute approximate surface area is 179 Å². The van der Waals surface area contributed by atoms with Gasteiger partial charge < -0.3 is 20.5 Å². The number of esters is 1. The number of aromatic nitrogens is 2. The van der Waals surface area contributed by atoms with Gasteiger partial charge in [-0.05, 0) is 34.5 Å². The highest BCUT2D eigenvalue weighted by atomic mass is 79.9. The summed E-state index contributed by atoms with van der Waals surface area (Å²) in [5.41, 5.74) is 6.23. The van der Waals surface area contributed by atoms with Crippen molar-refractivity contribution in [1.82, 2.24) is 9.78 Å². The first-order chi connectivity index (χ1) is 13.8. The Morgan fingerprint density at radius 2 is 2.24 bits per heavy atom. The number of hydrogen-bond acceptors (Lipinski definition) is 7. The lowest BCUT2D eigenvalue weighted by atomic mass is 9.97. The molecule has 29 heavy (non-hydrogen) atoms. The molecule has 3 N–H and O–H groups in total. The molecule has 2 atom stereocenters. The van der Waals surface area contributed by atoms with Gasteiger partial charge in [-0.1, -0.05) is 11.6 Å². The number of primary amides is 1. The van der Waals surface area contributed by atoms with Crippen LogP contribution in [0.25, 0.3) is 0 Å². The van der Waals surface area contributed by atoms with E-state index in [-0.39, 0.29) is 33.9 Å². The van der Waals surface area contributed by atoms with Gasteiger partial charge >= 0.3 is 5.97 Å². The number of benzene rings is 1. The molecule has 9 nitrogen and oxygen atoms in total. The second-order valence-corrected chi connectivity index (χ2v) is 7.54. The van der Waals surface area contributed by atoms with Gasteiger partial charge in [-0.15, -0.1) is 0 Å². The number of carbonyl (C=O) groups is 2. The number of nitrogens with two attached hydrogens (primary N) is 1. The maximum Gasteiger partial charge on any atom is 0.339 e. The number of nitrogens with zero attached hydrogens (tertiary/aromatic N) is 3. The molecule has 0 saturated carbocycles. The monoisotopic (exact) mass is 481 g/mol. The van der Waals surface area contributed by atoms with Crippen LogP contribution in [0.5, 0.6) is 0 Å². The molecule has 11 heteroatoms. The standard InChI is InChI=1S/C18H17BrClN5O4/c1-28-18(27)11-4-10(5-13(20)15(11)19)23-17-12(16(22)26)7-25(24-17)14-8-29-3-2-9(14)6-21/h4-5,7,9,14H,2-3,8H2,1H3,(H2,22,26)(H,23,24)/t9-,14+/m1/s1. The number of nitrogens with one attached hydrogen (secondary N) is 1. The van der Waals surface area contributed by atoms with Crippen molar-refractivity contribution >= 4 is 50.9 Å². The normalized spacial score (nSPS) is 18.7. The van der Waals surface area contributed by atoms with E-state index >= 15 is 0 Å². The molecule has 3 rings (SSSR count). The molecule has 1 aromatic heterocycles. The SMILES string of the molecule is COC(=O)c1cc(Nc2nn([C@H]3COCC[C@@H]3C#N)cc2C(N)=O)cc(Cl)c1Br. The molecule has 0 bridgehead atoms. The number of halogens is 2. The van der Waals surface area contributed by atoms with E-state index in [1.807, 2.05) is 0 Å². The van der Waals surface area contributed by atoms with Gasteiger partial charge in [0.2, 0.25) is 0 Å². The van der Waals surface area contributed by atoms with Crippen LogP contribution in [0, 0.1) is 17.2 Å². The van der Waals surface area contributed by atoms with E-state index in [1.165, 1.54) is 24.1 Å². The van der Waals surface area contributed by atoms with Crippen LogP contribution in [-0.2, 0) is 9.47 Å². The van der Waals surface area contributed by atoms with E-state index in [9.17, 15) is 14.9 Å². The predicted molar refractivity (Wildman–Crippen MR) is 108 cm³/mol. The number of methoxy groups -OCH3 is 1. The summed E-state index contributed by atoms with van der Waals surface area (Å²) in [6.45, 7) is 0.797. The third-order valence-electron chi connectivity index (χ3n) is 4.53. The molecule has 1 amide bonds. The Bertz CT molecular complexity index is 1000. The van der Waals surface area contributed by atoms with Gasteiger partial charge in [0.05, 0.1) is 46.8 Å². The average Bonchev–Trinajstić information content (AvgIpc) is 3.13. The molecule has 1 saturated heterocycles. The molecule has 0 unspecified atom stereocenters. The van der Waals surface area contributed by atoms with Crippen LogP contribution in [0.1, 0.15) is 33.2 Å². The summed E-state index contributed by atoms with van der Waals surface area (Å²) in [6, 6.07) is 4.97. The van der Waals surface area contributed by atoms with Crippen LogP contribution in [0.3, 0.4) is 0 Å². The number of ether oxygens (including phenoxy) is 2. The molecular formula is C18H17BrClN5O4. The average molecular weight is 483 g/mol. The first-order valence-electron chi connectivity index (χ1n) is 8.56. The molecule has 2 aromatic rings. The number of rotatable bonds is 5. The van der Waals surface area contributed by atoms with Crippen LogP contribution in [-0.4, -0.2) is 42.0 Å². The Balaban J connectivity index is 1.98. The number of amides is 1. The lowest BCUT2D eigenvalue weighted by Gasteiger charge is -2.26. The highest BCUT2D eigenvalue weighted by Crippen LogP contribution is 2.33. The van der Waals surface area contributed by atoms with Crippen molar-refractivity contribution in [3.8, 4) is 6.07 Å². The second kappa shape index (κ2) is 8.82.